The molecule has 0 saturated carbocycles. The first-order valence-corrected chi connectivity index (χ1v) is 9.66. The van der Waals surface area contributed by atoms with Crippen molar-refractivity contribution in [3.8, 4) is 16.3 Å². The summed E-state index contributed by atoms with van der Waals surface area (Å²) in [7, 11) is 0. The largest absolute Gasteiger partial charge is 0.508 e. The molecule has 2 aromatic heterocycles. The highest BCUT2D eigenvalue weighted by molar-refractivity contribution is 7.22. The molecule has 0 aliphatic rings. The summed E-state index contributed by atoms with van der Waals surface area (Å²) < 4.78 is 1.13. The van der Waals surface area contributed by atoms with E-state index in [-0.39, 0.29) is 5.75 Å². The molecule has 0 bridgehead atoms. The van der Waals surface area contributed by atoms with E-state index in [1.807, 2.05) is 50.2 Å². The maximum atomic E-state index is 9.43. The molecule has 4 rings (SSSR count). The van der Waals surface area contributed by atoms with Crippen molar-refractivity contribution in [2.45, 2.75) is 13.8 Å². The Morgan fingerprint density at radius 1 is 1.04 bits per heavy atom. The monoisotopic (exact) mass is 380 g/mol. The molecule has 0 radical (unpaired) electrons. The Morgan fingerprint density at radius 3 is 2.58 bits per heavy atom. The lowest BCUT2D eigenvalue weighted by atomic mass is 10.2. The van der Waals surface area contributed by atoms with E-state index < -0.39 is 0 Å². The summed E-state index contributed by atoms with van der Waals surface area (Å²) in [6.07, 6.45) is 0. The van der Waals surface area contributed by atoms with Crippen molar-refractivity contribution in [3.63, 3.8) is 0 Å². The predicted octanol–water partition coefficient (Wildman–Crippen LogP) is 5.27. The molecule has 26 heavy (non-hydrogen) atoms. The van der Waals surface area contributed by atoms with Gasteiger partial charge in [0, 0.05) is 5.56 Å². The van der Waals surface area contributed by atoms with Crippen LogP contribution in [0.15, 0.2) is 53.6 Å². The molecule has 0 unspecified atom stereocenters. The highest BCUT2D eigenvalue weighted by atomic mass is 32.1. The SMILES string of the molecule is C/C(=N\Nc1nc2ccccc2s1)c1sc(-c2ccc(O)cc2)nc1C. The number of para-hydroxylation sites is 1. The lowest BCUT2D eigenvalue weighted by molar-refractivity contribution is 0.475. The van der Waals surface area contributed by atoms with Crippen LogP contribution < -0.4 is 5.43 Å². The third kappa shape index (κ3) is 3.31. The van der Waals surface area contributed by atoms with Crippen molar-refractivity contribution in [2.24, 2.45) is 5.10 Å². The van der Waals surface area contributed by atoms with Gasteiger partial charge in [0.05, 0.1) is 26.5 Å². The molecule has 130 valence electrons. The zero-order valence-corrected chi connectivity index (χ0v) is 15.9. The maximum Gasteiger partial charge on any atom is 0.204 e. The van der Waals surface area contributed by atoms with Crippen LogP contribution in [-0.4, -0.2) is 20.8 Å². The van der Waals surface area contributed by atoms with Crippen molar-refractivity contribution in [1.29, 1.82) is 0 Å². The van der Waals surface area contributed by atoms with E-state index in [9.17, 15) is 5.11 Å². The number of thiazole rings is 2. The van der Waals surface area contributed by atoms with E-state index in [4.69, 9.17) is 0 Å². The van der Waals surface area contributed by atoms with Crippen LogP contribution in [0.25, 0.3) is 20.8 Å². The molecular weight excluding hydrogens is 364 g/mol. The molecule has 2 aromatic carbocycles. The van der Waals surface area contributed by atoms with Crippen molar-refractivity contribution in [1.82, 2.24) is 9.97 Å². The number of aryl methyl sites for hydroxylation is 1. The van der Waals surface area contributed by atoms with Crippen LogP contribution in [0, 0.1) is 6.92 Å². The molecule has 7 heteroatoms. The predicted molar refractivity (Wildman–Crippen MR) is 109 cm³/mol. The van der Waals surface area contributed by atoms with Gasteiger partial charge in [-0.25, -0.2) is 9.97 Å². The fourth-order valence-corrected chi connectivity index (χ4v) is 4.39. The fourth-order valence-electron chi connectivity index (χ4n) is 2.56. The number of aromatic hydroxyl groups is 1. The number of benzene rings is 2. The van der Waals surface area contributed by atoms with E-state index in [0.29, 0.717) is 0 Å². The van der Waals surface area contributed by atoms with Gasteiger partial charge in [-0.05, 0) is 50.2 Å². The van der Waals surface area contributed by atoms with E-state index in [0.717, 1.165) is 42.2 Å². The first-order valence-electron chi connectivity index (χ1n) is 8.03. The van der Waals surface area contributed by atoms with Gasteiger partial charge in [0.25, 0.3) is 0 Å². The van der Waals surface area contributed by atoms with Gasteiger partial charge in [-0.2, -0.15) is 5.10 Å². The summed E-state index contributed by atoms with van der Waals surface area (Å²) in [5.74, 6) is 0.250. The minimum atomic E-state index is 0.250. The van der Waals surface area contributed by atoms with Crippen LogP contribution in [-0.2, 0) is 0 Å². The number of nitrogens with zero attached hydrogens (tertiary/aromatic N) is 3. The average molecular weight is 380 g/mol. The molecular formula is C19H16N4OS2. The number of aromatic nitrogens is 2. The molecule has 5 nitrogen and oxygen atoms in total. The first kappa shape index (κ1) is 16.7. The molecule has 0 saturated heterocycles. The van der Waals surface area contributed by atoms with Gasteiger partial charge in [-0.15, -0.1) is 11.3 Å². The fraction of sp³-hybridized carbons (Fsp3) is 0.105. The van der Waals surface area contributed by atoms with Gasteiger partial charge in [-0.1, -0.05) is 23.5 Å². The van der Waals surface area contributed by atoms with Gasteiger partial charge < -0.3 is 5.11 Å². The number of rotatable bonds is 4. The maximum absolute atomic E-state index is 9.43. The number of fused-ring (bicyclic) bond motifs is 1. The van der Waals surface area contributed by atoms with Crippen molar-refractivity contribution in [3.05, 3.63) is 59.1 Å². The van der Waals surface area contributed by atoms with Crippen molar-refractivity contribution < 1.29 is 5.11 Å². The summed E-state index contributed by atoms with van der Waals surface area (Å²) in [6, 6.07) is 15.1. The minimum Gasteiger partial charge on any atom is -0.508 e. The second kappa shape index (κ2) is 6.86. The lowest BCUT2D eigenvalue weighted by Crippen LogP contribution is -1.99. The molecule has 4 aromatic rings. The molecule has 0 atom stereocenters. The van der Waals surface area contributed by atoms with Gasteiger partial charge in [-0.3, -0.25) is 5.43 Å². The summed E-state index contributed by atoms with van der Waals surface area (Å²) in [5, 5.41) is 15.6. The third-order valence-corrected chi connectivity index (χ3v) is 6.11. The number of nitrogens with one attached hydrogen (secondary N) is 1. The second-order valence-electron chi connectivity index (χ2n) is 5.78. The Hall–Kier alpha value is -2.77. The van der Waals surface area contributed by atoms with Crippen LogP contribution >= 0.6 is 22.7 Å². The van der Waals surface area contributed by atoms with Crippen molar-refractivity contribution >= 4 is 43.7 Å². The van der Waals surface area contributed by atoms with Crippen molar-refractivity contribution in [2.75, 3.05) is 5.43 Å². The van der Waals surface area contributed by atoms with E-state index in [2.05, 4.69) is 20.5 Å². The Bertz CT molecular complexity index is 1060. The number of phenolic OH excluding ortho intramolecular Hbond substituents is 1. The molecule has 0 aliphatic carbocycles. The van der Waals surface area contributed by atoms with Gasteiger partial charge in [0.2, 0.25) is 5.13 Å². The Balaban J connectivity index is 1.58. The zero-order chi connectivity index (χ0) is 18.1. The highest BCUT2D eigenvalue weighted by Crippen LogP contribution is 2.30. The van der Waals surface area contributed by atoms with Crippen LogP contribution in [0.4, 0.5) is 5.13 Å². The number of phenols is 1. The van der Waals surface area contributed by atoms with Crippen LogP contribution in [0.1, 0.15) is 17.5 Å². The minimum absolute atomic E-state index is 0.250. The number of anilines is 1. The Labute approximate surface area is 158 Å². The summed E-state index contributed by atoms with van der Waals surface area (Å²) >= 11 is 3.16. The molecule has 2 N–H and O–H groups in total. The van der Waals surface area contributed by atoms with Crippen LogP contribution in [0.5, 0.6) is 5.75 Å². The molecule has 0 fully saturated rings. The van der Waals surface area contributed by atoms with Gasteiger partial charge >= 0.3 is 0 Å². The quantitative estimate of drug-likeness (QED) is 0.374. The van der Waals surface area contributed by atoms with Crippen LogP contribution in [0.2, 0.25) is 0 Å². The van der Waals surface area contributed by atoms with Gasteiger partial charge in [0.15, 0.2) is 0 Å². The molecule has 0 spiro atoms. The standard InChI is InChI=1S/C19H16N4OS2/c1-11-17(26-18(20-11)13-7-9-14(24)10-8-13)12(2)22-23-19-21-15-5-3-4-6-16(15)25-19/h3-10,24H,1-2H3,(H,21,23)/b22-12+. The number of hydrogen-bond acceptors (Lipinski definition) is 7. The highest BCUT2D eigenvalue weighted by Gasteiger charge is 2.12. The lowest BCUT2D eigenvalue weighted by Gasteiger charge is -1.98. The molecule has 2 heterocycles. The van der Waals surface area contributed by atoms with E-state index in [1.54, 1.807) is 34.8 Å². The normalized spacial score (nSPS) is 11.8. The van der Waals surface area contributed by atoms with Gasteiger partial charge in [0.1, 0.15) is 10.8 Å². The first-order chi connectivity index (χ1) is 12.6. The molecule has 0 aliphatic heterocycles. The topological polar surface area (TPSA) is 70.4 Å². The van der Waals surface area contributed by atoms with Crippen LogP contribution in [0.3, 0.4) is 0 Å². The zero-order valence-electron chi connectivity index (χ0n) is 14.2. The van der Waals surface area contributed by atoms with E-state index in [1.165, 1.54) is 0 Å². The Morgan fingerprint density at radius 2 is 1.81 bits per heavy atom. The van der Waals surface area contributed by atoms with E-state index >= 15 is 0 Å². The smallest absolute Gasteiger partial charge is 0.204 e. The average Bonchev–Trinajstić information content (AvgIpc) is 3.23. The summed E-state index contributed by atoms with van der Waals surface area (Å²) in [4.78, 5) is 10.2. The third-order valence-electron chi connectivity index (χ3n) is 3.85. The number of hydrazone groups is 1. The molecule has 0 amide bonds. The summed E-state index contributed by atoms with van der Waals surface area (Å²) in [5.41, 5.74) is 6.81. The number of hydrogen-bond donors (Lipinski definition) is 2. The Kier molecular flexibility index (Phi) is 4.40. The second-order valence-corrected chi connectivity index (χ2v) is 7.81. The summed E-state index contributed by atoms with van der Waals surface area (Å²) in [6.45, 7) is 3.94.